The molecule has 0 bridgehead atoms. The average molecular weight is 1220 g/mol. The molecule has 0 aliphatic carbocycles. The fraction of sp³-hybridized carbons (Fsp3) is 0.474. The van der Waals surface area contributed by atoms with Gasteiger partial charge < -0.3 is 40.0 Å². The van der Waals surface area contributed by atoms with Crippen molar-refractivity contribution in [1.82, 2.24) is 48.3 Å². The Kier molecular flexibility index (Phi) is 21.6. The van der Waals surface area contributed by atoms with E-state index >= 15 is 0 Å². The molecule has 0 aliphatic rings. The molecule has 0 fully saturated rings. The second-order valence-corrected chi connectivity index (χ2v) is 24.1. The number of Topliss-reactive ketones (excluding diaryl/α,β-unsaturated/α-hetero) is 1. The fourth-order valence-corrected chi connectivity index (χ4v) is 11.3. The molecule has 460 valence electrons. The van der Waals surface area contributed by atoms with Gasteiger partial charge in [0.1, 0.15) is 61.0 Å². The molecule has 0 unspecified atom stereocenters. The second-order valence-electron chi connectivity index (χ2n) is 22.2. The molecule has 0 aliphatic heterocycles. The molecule has 8 aromatic rings. The Balaban J connectivity index is 0.000000257. The fourth-order valence-electron chi connectivity index (χ4n) is 8.90. The van der Waals surface area contributed by atoms with Crippen LogP contribution < -0.4 is 37.7 Å². The number of fused-ring (bicyclic) bond motifs is 2. The second kappa shape index (κ2) is 27.6. The Bertz CT molecular complexity index is 3890. The van der Waals surface area contributed by atoms with Crippen LogP contribution in [-0.4, -0.2) is 120 Å². The Morgan fingerprint density at radius 2 is 0.988 bits per heavy atom. The predicted octanol–water partition coefficient (Wildman–Crippen LogP) is 6.76. The summed E-state index contributed by atoms with van der Waals surface area (Å²) >= 11 is 2.21. The molecular formula is C57H73F2N11O13S2. The first kappa shape index (κ1) is 66.5. The highest BCUT2D eigenvalue weighted by Gasteiger charge is 2.32. The van der Waals surface area contributed by atoms with Crippen molar-refractivity contribution in [3.63, 3.8) is 0 Å². The number of rotatable bonds is 22. The standard InChI is InChI=1S/C29H36FN5O6S.C25H28FN5O7S.C3H9N/c1-16(2)12-21(36)18(4)34-25(37)24-17(3)26(35-31-10-11-32-35)42-27(24)33(28(34)38)14-23(41-15-29(5,6)39)20-13-19(30)8-9-22(20)40-7;1-13-19-20(32)30(14(2)23(33)34)24(35)29(22(19)39-21(13)31-27-8-9-28-31)11-18(38-12-25(3,4)36)16-10-15(26)6-7-17(16)37-5;1-3(2)4/h8-11,13,16,18,23,39H,12,14-15H2,1-7H3;6-10,14,18,36H,11-12H2,1-5H3,(H,33,34);3H,4H2,1-2H3/t18-,23+;14-,18+;/m11./s1. The summed E-state index contributed by atoms with van der Waals surface area (Å²) in [4.78, 5) is 83.6. The quantitative estimate of drug-likeness (QED) is 0.0545. The summed E-state index contributed by atoms with van der Waals surface area (Å²) in [5, 5.41) is 48.4. The zero-order valence-electron chi connectivity index (χ0n) is 49.8. The van der Waals surface area contributed by atoms with Gasteiger partial charge in [0.25, 0.3) is 11.1 Å². The third-order valence-electron chi connectivity index (χ3n) is 12.9. The zero-order chi connectivity index (χ0) is 63.2. The maximum absolute atomic E-state index is 14.5. The summed E-state index contributed by atoms with van der Waals surface area (Å²) in [6.07, 6.45) is 4.08. The Hall–Kier alpha value is -7.60. The molecule has 24 nitrogen and oxygen atoms in total. The van der Waals surface area contributed by atoms with E-state index in [1.54, 1.807) is 34.6 Å². The summed E-state index contributed by atoms with van der Waals surface area (Å²) in [6, 6.07) is 5.58. The smallest absolute Gasteiger partial charge is 0.333 e. The van der Waals surface area contributed by atoms with E-state index in [-0.39, 0.29) is 71.3 Å². The maximum Gasteiger partial charge on any atom is 0.333 e. The van der Waals surface area contributed by atoms with Gasteiger partial charge >= 0.3 is 17.3 Å². The van der Waals surface area contributed by atoms with E-state index < -0.39 is 75.6 Å². The number of methoxy groups -OCH3 is 2. The number of ketones is 1. The highest BCUT2D eigenvalue weighted by atomic mass is 32.1. The summed E-state index contributed by atoms with van der Waals surface area (Å²) in [5.41, 5.74) is 1.18. The van der Waals surface area contributed by atoms with Gasteiger partial charge in [-0.05, 0) is 104 Å². The third kappa shape index (κ3) is 15.6. The SMILES string of the molecule is CC(C)N.COc1ccc(F)cc1[C@H](Cn1c(=O)n([C@H](C)C(=O)CC(C)C)c(=O)c2c(C)c(-n3nccn3)sc21)OCC(C)(C)O.COc1ccc(F)cc1[C@H](Cn1c(=O)n([C@H](C)C(=O)O)c(=O)c2c(C)c(-n3nccn3)sc21)OCC(C)(C)O. The number of carboxylic acids is 1. The first-order valence-electron chi connectivity index (χ1n) is 27.0. The Labute approximate surface area is 495 Å². The van der Waals surface area contributed by atoms with Gasteiger partial charge in [-0.15, -0.1) is 9.59 Å². The van der Waals surface area contributed by atoms with Crippen LogP contribution in [0.3, 0.4) is 0 Å². The minimum Gasteiger partial charge on any atom is -0.496 e. The van der Waals surface area contributed by atoms with E-state index in [0.29, 0.717) is 47.9 Å². The molecule has 0 amide bonds. The maximum atomic E-state index is 14.5. The molecule has 28 heteroatoms. The number of aliphatic carboxylic acids is 1. The lowest BCUT2D eigenvalue weighted by Crippen LogP contribution is -2.44. The number of halogens is 2. The normalized spacial score (nSPS) is 13.3. The summed E-state index contributed by atoms with van der Waals surface area (Å²) in [7, 11) is 2.83. The van der Waals surface area contributed by atoms with Crippen molar-refractivity contribution in [2.75, 3.05) is 27.4 Å². The number of hydrogen-bond donors (Lipinski definition) is 4. The third-order valence-corrected chi connectivity index (χ3v) is 15.5. The summed E-state index contributed by atoms with van der Waals surface area (Å²) in [6.45, 7) is 19.2. The number of aryl methyl sites for hydroxylation is 2. The highest BCUT2D eigenvalue weighted by Crippen LogP contribution is 2.37. The number of thiophene rings is 2. The lowest BCUT2D eigenvalue weighted by atomic mass is 10.0. The number of aromatic nitrogens is 10. The van der Waals surface area contributed by atoms with Crippen LogP contribution in [0.2, 0.25) is 0 Å². The molecule has 6 aromatic heterocycles. The van der Waals surface area contributed by atoms with Gasteiger partial charge in [0.15, 0.2) is 5.78 Å². The number of ether oxygens (including phenoxy) is 4. The van der Waals surface area contributed by atoms with Crippen molar-refractivity contribution in [2.45, 2.75) is 144 Å². The van der Waals surface area contributed by atoms with E-state index in [1.807, 2.05) is 27.7 Å². The van der Waals surface area contributed by atoms with Crippen molar-refractivity contribution in [3.8, 4) is 21.5 Å². The molecule has 5 N–H and O–H groups in total. The molecule has 2 aromatic carbocycles. The predicted molar refractivity (Wildman–Crippen MR) is 317 cm³/mol. The van der Waals surface area contributed by atoms with E-state index in [9.17, 15) is 52.9 Å². The average Bonchev–Trinajstić information content (AvgIpc) is 1.91. The van der Waals surface area contributed by atoms with Crippen LogP contribution >= 0.6 is 22.7 Å². The van der Waals surface area contributed by atoms with Gasteiger partial charge in [-0.3, -0.25) is 23.5 Å². The number of hydrogen-bond acceptors (Lipinski definition) is 19. The Morgan fingerprint density at radius 1 is 0.635 bits per heavy atom. The van der Waals surface area contributed by atoms with Crippen LogP contribution in [0.25, 0.3) is 30.4 Å². The van der Waals surface area contributed by atoms with Crippen LogP contribution in [-0.2, 0) is 32.2 Å². The largest absolute Gasteiger partial charge is 0.496 e. The van der Waals surface area contributed by atoms with Crippen LogP contribution in [0.15, 0.2) is 80.4 Å². The molecule has 85 heavy (non-hydrogen) atoms. The zero-order valence-corrected chi connectivity index (χ0v) is 51.5. The summed E-state index contributed by atoms with van der Waals surface area (Å²) in [5.74, 6) is -2.12. The van der Waals surface area contributed by atoms with Crippen molar-refractivity contribution >= 4 is 54.9 Å². The molecular weight excluding hydrogens is 1150 g/mol. The van der Waals surface area contributed by atoms with Crippen molar-refractivity contribution in [2.24, 2.45) is 11.7 Å². The van der Waals surface area contributed by atoms with Gasteiger partial charge in [-0.25, -0.2) is 32.3 Å². The molecule has 0 saturated heterocycles. The van der Waals surface area contributed by atoms with E-state index in [4.69, 9.17) is 24.7 Å². The molecule has 0 saturated carbocycles. The lowest BCUT2D eigenvalue weighted by Gasteiger charge is -2.26. The topological polar surface area (TPSA) is 307 Å². The van der Waals surface area contributed by atoms with Crippen molar-refractivity contribution in [1.29, 1.82) is 0 Å². The number of carboxylic acid groups (broad SMARTS) is 1. The van der Waals surface area contributed by atoms with Gasteiger partial charge in [-0.2, -0.15) is 20.4 Å². The number of carbonyl (C=O) groups is 2. The van der Waals surface area contributed by atoms with Crippen LogP contribution in [0.4, 0.5) is 8.78 Å². The van der Waals surface area contributed by atoms with Crippen molar-refractivity contribution < 1.29 is 52.6 Å². The van der Waals surface area contributed by atoms with Gasteiger partial charge in [0, 0.05) is 28.7 Å². The van der Waals surface area contributed by atoms with E-state index in [2.05, 4.69) is 20.4 Å². The molecule has 0 radical (unpaired) electrons. The monoisotopic (exact) mass is 1220 g/mol. The van der Waals surface area contributed by atoms with E-state index in [0.717, 1.165) is 27.2 Å². The van der Waals surface area contributed by atoms with E-state index in [1.165, 1.54) is 115 Å². The van der Waals surface area contributed by atoms with Gasteiger partial charge in [0.2, 0.25) is 0 Å². The lowest BCUT2D eigenvalue weighted by molar-refractivity contribution is -0.140. The number of aliphatic hydroxyl groups is 2. The number of benzene rings is 2. The molecule has 4 atom stereocenters. The Morgan fingerprint density at radius 3 is 1.31 bits per heavy atom. The summed E-state index contributed by atoms with van der Waals surface area (Å²) < 4.78 is 56.1. The molecule has 6 heterocycles. The first-order valence-corrected chi connectivity index (χ1v) is 28.6. The highest BCUT2D eigenvalue weighted by molar-refractivity contribution is 7.21. The van der Waals surface area contributed by atoms with Crippen LogP contribution in [0.1, 0.15) is 122 Å². The number of nitrogens with two attached hydrogens (primary N) is 1. The number of carbonyl (C=O) groups excluding carboxylic acids is 1. The van der Waals surface area contributed by atoms with Gasteiger partial charge in [0.05, 0.1) is 93.3 Å². The van der Waals surface area contributed by atoms with Crippen LogP contribution in [0, 0.1) is 31.4 Å². The first-order chi connectivity index (χ1) is 39.8. The minimum atomic E-state index is -1.48. The number of nitrogens with zero attached hydrogens (tertiary/aromatic N) is 10. The molecule has 0 spiro atoms. The van der Waals surface area contributed by atoms with Gasteiger partial charge in [-0.1, -0.05) is 50.4 Å². The van der Waals surface area contributed by atoms with Crippen LogP contribution in [0.5, 0.6) is 11.5 Å². The minimum absolute atomic E-state index is 0.0297. The van der Waals surface area contributed by atoms with Crippen molar-refractivity contribution in [3.05, 3.63) is 137 Å². The molecule has 8 rings (SSSR count).